The zero-order valence-electron chi connectivity index (χ0n) is 10.1. The fraction of sp³-hybridized carbons (Fsp3) is 0.538. The number of hydrogen-bond acceptors (Lipinski definition) is 3. The Morgan fingerprint density at radius 2 is 2.31 bits per heavy atom. The number of thiophene rings is 1. The van der Waals surface area contributed by atoms with Gasteiger partial charge in [0.05, 0.1) is 0 Å². The van der Waals surface area contributed by atoms with Crippen molar-refractivity contribution in [2.45, 2.75) is 26.4 Å². The van der Waals surface area contributed by atoms with Crippen LogP contribution >= 0.6 is 11.3 Å². The Bertz CT molecular complexity index is 368. The minimum absolute atomic E-state index is 0.991. The molecular weight excluding hydrogens is 216 g/mol. The van der Waals surface area contributed by atoms with E-state index in [1.54, 1.807) is 0 Å². The SMILES string of the molecule is CNCc1cc(CN2CC=CCC2)c(C)s1. The van der Waals surface area contributed by atoms with Gasteiger partial charge >= 0.3 is 0 Å². The molecule has 1 aromatic heterocycles. The lowest BCUT2D eigenvalue weighted by molar-refractivity contribution is 0.290. The van der Waals surface area contributed by atoms with E-state index in [4.69, 9.17) is 0 Å². The molecule has 0 aliphatic carbocycles. The summed E-state index contributed by atoms with van der Waals surface area (Å²) < 4.78 is 0. The monoisotopic (exact) mass is 236 g/mol. The molecule has 0 amide bonds. The van der Waals surface area contributed by atoms with Gasteiger partial charge in [0.1, 0.15) is 0 Å². The van der Waals surface area contributed by atoms with Gasteiger partial charge in [0.2, 0.25) is 0 Å². The van der Waals surface area contributed by atoms with E-state index in [2.05, 4.69) is 35.4 Å². The molecule has 0 atom stereocenters. The van der Waals surface area contributed by atoms with Crippen LogP contribution in [0.4, 0.5) is 0 Å². The third-order valence-corrected chi connectivity index (χ3v) is 4.05. The van der Waals surface area contributed by atoms with E-state index in [0.717, 1.165) is 19.6 Å². The van der Waals surface area contributed by atoms with Gasteiger partial charge in [-0.05, 0) is 32.0 Å². The molecule has 0 bridgehead atoms. The van der Waals surface area contributed by atoms with Crippen LogP contribution in [-0.2, 0) is 13.1 Å². The number of rotatable bonds is 4. The first-order valence-corrected chi connectivity index (χ1v) is 6.71. The fourth-order valence-electron chi connectivity index (χ4n) is 2.08. The fourth-order valence-corrected chi connectivity index (χ4v) is 3.15. The zero-order chi connectivity index (χ0) is 11.4. The van der Waals surface area contributed by atoms with Gasteiger partial charge < -0.3 is 5.32 Å². The van der Waals surface area contributed by atoms with Crippen molar-refractivity contribution < 1.29 is 0 Å². The molecule has 16 heavy (non-hydrogen) atoms. The largest absolute Gasteiger partial charge is 0.315 e. The maximum Gasteiger partial charge on any atom is 0.0296 e. The predicted molar refractivity (Wildman–Crippen MR) is 70.9 cm³/mol. The number of nitrogens with zero attached hydrogens (tertiary/aromatic N) is 1. The lowest BCUT2D eigenvalue weighted by atomic mass is 10.2. The predicted octanol–water partition coefficient (Wildman–Crippen LogP) is 2.54. The van der Waals surface area contributed by atoms with Crippen molar-refractivity contribution >= 4 is 11.3 Å². The molecule has 0 fully saturated rings. The van der Waals surface area contributed by atoms with Crippen molar-refractivity contribution in [2.24, 2.45) is 0 Å². The van der Waals surface area contributed by atoms with E-state index in [0.29, 0.717) is 0 Å². The molecule has 1 N–H and O–H groups in total. The summed E-state index contributed by atoms with van der Waals surface area (Å²) in [4.78, 5) is 5.43. The molecule has 0 unspecified atom stereocenters. The van der Waals surface area contributed by atoms with Crippen molar-refractivity contribution in [3.8, 4) is 0 Å². The number of aryl methyl sites for hydroxylation is 1. The van der Waals surface area contributed by atoms with E-state index in [1.807, 2.05) is 18.4 Å². The summed E-state index contributed by atoms with van der Waals surface area (Å²) in [6.45, 7) is 6.64. The van der Waals surface area contributed by atoms with Crippen molar-refractivity contribution in [3.63, 3.8) is 0 Å². The highest BCUT2D eigenvalue weighted by molar-refractivity contribution is 7.12. The quantitative estimate of drug-likeness (QED) is 0.808. The van der Waals surface area contributed by atoms with E-state index >= 15 is 0 Å². The summed E-state index contributed by atoms with van der Waals surface area (Å²) in [5.74, 6) is 0. The van der Waals surface area contributed by atoms with Gasteiger partial charge in [-0.2, -0.15) is 0 Å². The lowest BCUT2D eigenvalue weighted by Crippen LogP contribution is -2.26. The summed E-state index contributed by atoms with van der Waals surface area (Å²) in [6, 6.07) is 2.36. The van der Waals surface area contributed by atoms with E-state index in [1.165, 1.54) is 28.3 Å². The molecule has 2 rings (SSSR count). The summed E-state index contributed by atoms with van der Waals surface area (Å²) in [7, 11) is 2.00. The Labute approximate surface area is 102 Å². The van der Waals surface area contributed by atoms with Gasteiger partial charge in [-0.15, -0.1) is 11.3 Å². The van der Waals surface area contributed by atoms with Crippen LogP contribution in [0.5, 0.6) is 0 Å². The van der Waals surface area contributed by atoms with Crippen LogP contribution in [0.15, 0.2) is 18.2 Å². The van der Waals surface area contributed by atoms with Gasteiger partial charge in [0.25, 0.3) is 0 Å². The van der Waals surface area contributed by atoms with Gasteiger partial charge in [0.15, 0.2) is 0 Å². The molecule has 1 aliphatic rings. The molecular formula is C13H20N2S. The van der Waals surface area contributed by atoms with Gasteiger partial charge in [-0.25, -0.2) is 0 Å². The molecule has 2 nitrogen and oxygen atoms in total. The number of hydrogen-bond donors (Lipinski definition) is 1. The molecule has 88 valence electrons. The van der Waals surface area contributed by atoms with E-state index < -0.39 is 0 Å². The standard InChI is InChI=1S/C13H20N2S/c1-11-12(8-13(16-11)9-14-2)10-15-6-4-3-5-7-15/h3-4,8,14H,5-7,9-10H2,1-2H3. The first-order valence-electron chi connectivity index (χ1n) is 5.89. The van der Waals surface area contributed by atoms with Crippen molar-refractivity contribution in [3.05, 3.63) is 33.5 Å². The molecule has 1 aromatic rings. The maximum atomic E-state index is 3.21. The summed E-state index contributed by atoms with van der Waals surface area (Å²) in [5.41, 5.74) is 1.51. The van der Waals surface area contributed by atoms with Crippen molar-refractivity contribution in [2.75, 3.05) is 20.1 Å². The second kappa shape index (κ2) is 5.62. The van der Waals surface area contributed by atoms with Crippen LogP contribution < -0.4 is 5.32 Å². The summed E-state index contributed by atoms with van der Waals surface area (Å²) in [6.07, 6.45) is 5.76. The normalized spacial score (nSPS) is 16.9. The zero-order valence-corrected chi connectivity index (χ0v) is 10.9. The Balaban J connectivity index is 2.00. The van der Waals surface area contributed by atoms with Crippen LogP contribution in [0.2, 0.25) is 0 Å². The average Bonchev–Trinajstić information content (AvgIpc) is 2.61. The molecule has 0 saturated carbocycles. The Morgan fingerprint density at radius 1 is 1.44 bits per heavy atom. The van der Waals surface area contributed by atoms with Gasteiger partial charge in [-0.3, -0.25) is 4.90 Å². The second-order valence-electron chi connectivity index (χ2n) is 4.32. The molecule has 3 heteroatoms. The minimum Gasteiger partial charge on any atom is -0.315 e. The van der Waals surface area contributed by atoms with Gasteiger partial charge in [0, 0.05) is 35.9 Å². The van der Waals surface area contributed by atoms with Crippen LogP contribution in [0.25, 0.3) is 0 Å². The van der Waals surface area contributed by atoms with Crippen LogP contribution in [0, 0.1) is 6.92 Å². The molecule has 0 radical (unpaired) electrons. The molecule has 0 saturated heterocycles. The molecule has 0 spiro atoms. The molecule has 0 aromatic carbocycles. The maximum absolute atomic E-state index is 3.21. The van der Waals surface area contributed by atoms with Crippen LogP contribution in [0.1, 0.15) is 21.7 Å². The van der Waals surface area contributed by atoms with Crippen molar-refractivity contribution in [1.29, 1.82) is 0 Å². The van der Waals surface area contributed by atoms with E-state index in [9.17, 15) is 0 Å². The van der Waals surface area contributed by atoms with Crippen molar-refractivity contribution in [1.82, 2.24) is 10.2 Å². The highest BCUT2D eigenvalue weighted by Crippen LogP contribution is 2.23. The second-order valence-corrected chi connectivity index (χ2v) is 5.66. The molecule has 2 heterocycles. The third-order valence-electron chi connectivity index (χ3n) is 2.96. The summed E-state index contributed by atoms with van der Waals surface area (Å²) >= 11 is 1.92. The Kier molecular flexibility index (Phi) is 4.16. The average molecular weight is 236 g/mol. The highest BCUT2D eigenvalue weighted by atomic mass is 32.1. The van der Waals surface area contributed by atoms with Crippen LogP contribution in [0.3, 0.4) is 0 Å². The topological polar surface area (TPSA) is 15.3 Å². The van der Waals surface area contributed by atoms with Gasteiger partial charge in [-0.1, -0.05) is 12.2 Å². The number of nitrogens with one attached hydrogen (secondary N) is 1. The first-order chi connectivity index (χ1) is 7.79. The van der Waals surface area contributed by atoms with Crippen LogP contribution in [-0.4, -0.2) is 25.0 Å². The van der Waals surface area contributed by atoms with E-state index in [-0.39, 0.29) is 0 Å². The third kappa shape index (κ3) is 2.94. The lowest BCUT2D eigenvalue weighted by Gasteiger charge is -2.22. The smallest absolute Gasteiger partial charge is 0.0296 e. The first kappa shape index (κ1) is 11.8. The Morgan fingerprint density at radius 3 is 3.00 bits per heavy atom. The molecule has 1 aliphatic heterocycles. The minimum atomic E-state index is 0.991. The Hall–Kier alpha value is -0.640. The summed E-state index contributed by atoms with van der Waals surface area (Å²) in [5, 5.41) is 3.21. The highest BCUT2D eigenvalue weighted by Gasteiger charge is 2.10.